The van der Waals surface area contributed by atoms with Crippen LogP contribution in [0.2, 0.25) is 0 Å². The number of nitrogens with one attached hydrogen (secondary N) is 1. The smallest absolute Gasteiger partial charge is 0.235 e. The number of imidazole rings is 1. The van der Waals surface area contributed by atoms with E-state index in [1.165, 1.54) is 12.1 Å². The number of nitrogens with zero attached hydrogens (tertiary/aromatic N) is 2. The Bertz CT molecular complexity index is 1040. The van der Waals surface area contributed by atoms with E-state index >= 15 is 0 Å². The first kappa shape index (κ1) is 18.1. The van der Waals surface area contributed by atoms with E-state index in [1.807, 2.05) is 0 Å². The van der Waals surface area contributed by atoms with E-state index < -0.39 is 5.41 Å². The standard InChI is InChI=1S/C22H20FN3O2/c1-26-13-12-24-20(26)19(27)15-6-8-18(9-7-15)25-21(28)22(10-3-11-22)16-4-2-5-17(23)14-16/h2,4-9,12-14H,3,10-11H2,1H3,(H,25,28). The normalized spacial score (nSPS) is 14.9. The highest BCUT2D eigenvalue weighted by atomic mass is 19.1. The summed E-state index contributed by atoms with van der Waals surface area (Å²) in [5, 5.41) is 2.92. The van der Waals surface area contributed by atoms with Crippen LogP contribution in [0.25, 0.3) is 0 Å². The van der Waals surface area contributed by atoms with Crippen molar-refractivity contribution in [1.29, 1.82) is 0 Å². The second kappa shape index (κ2) is 7.03. The van der Waals surface area contributed by atoms with E-state index in [2.05, 4.69) is 10.3 Å². The van der Waals surface area contributed by atoms with Crippen LogP contribution in [0.15, 0.2) is 60.9 Å². The van der Waals surface area contributed by atoms with Gasteiger partial charge in [0.15, 0.2) is 5.82 Å². The largest absolute Gasteiger partial charge is 0.331 e. The number of hydrogen-bond acceptors (Lipinski definition) is 3. The molecule has 1 heterocycles. The second-order valence-corrected chi connectivity index (χ2v) is 7.17. The van der Waals surface area contributed by atoms with Gasteiger partial charge in [-0.3, -0.25) is 9.59 Å². The minimum atomic E-state index is -0.691. The summed E-state index contributed by atoms with van der Waals surface area (Å²) in [6.45, 7) is 0. The maximum Gasteiger partial charge on any atom is 0.235 e. The minimum Gasteiger partial charge on any atom is -0.331 e. The molecule has 6 heteroatoms. The Balaban J connectivity index is 1.52. The van der Waals surface area contributed by atoms with E-state index in [4.69, 9.17) is 0 Å². The molecule has 2 aromatic carbocycles. The van der Waals surface area contributed by atoms with Gasteiger partial charge in [0, 0.05) is 30.7 Å². The van der Waals surface area contributed by atoms with Crippen LogP contribution >= 0.6 is 0 Å². The van der Waals surface area contributed by atoms with Crippen LogP contribution in [0.1, 0.15) is 41.0 Å². The van der Waals surface area contributed by atoms with Gasteiger partial charge in [-0.1, -0.05) is 18.6 Å². The number of carbonyl (C=O) groups is 2. The average molecular weight is 377 g/mol. The van der Waals surface area contributed by atoms with Crippen molar-refractivity contribution in [1.82, 2.24) is 9.55 Å². The monoisotopic (exact) mass is 377 g/mol. The molecule has 0 saturated heterocycles. The van der Waals surface area contributed by atoms with Crippen molar-refractivity contribution in [3.8, 4) is 0 Å². The van der Waals surface area contributed by atoms with Crippen molar-refractivity contribution < 1.29 is 14.0 Å². The van der Waals surface area contributed by atoms with Crippen molar-refractivity contribution in [2.45, 2.75) is 24.7 Å². The molecule has 1 saturated carbocycles. The lowest BCUT2D eigenvalue weighted by Gasteiger charge is -2.40. The van der Waals surface area contributed by atoms with Gasteiger partial charge < -0.3 is 9.88 Å². The number of rotatable bonds is 5. The molecule has 1 fully saturated rings. The van der Waals surface area contributed by atoms with Crippen LogP contribution in [0, 0.1) is 5.82 Å². The highest BCUT2D eigenvalue weighted by molar-refractivity contribution is 6.07. The third-order valence-electron chi connectivity index (χ3n) is 5.45. The molecule has 1 amide bonds. The lowest BCUT2D eigenvalue weighted by atomic mass is 9.63. The summed E-state index contributed by atoms with van der Waals surface area (Å²) in [5.74, 6) is -0.307. The molecule has 3 aromatic rings. The van der Waals surface area contributed by atoms with Gasteiger partial charge in [0.2, 0.25) is 11.7 Å². The Labute approximate surface area is 162 Å². The van der Waals surface area contributed by atoms with Crippen LogP contribution in [0.3, 0.4) is 0 Å². The second-order valence-electron chi connectivity index (χ2n) is 7.17. The molecule has 0 bridgehead atoms. The van der Waals surface area contributed by atoms with Crippen molar-refractivity contribution >= 4 is 17.4 Å². The summed E-state index contributed by atoms with van der Waals surface area (Å²) in [5.41, 5.74) is 1.11. The molecule has 0 atom stereocenters. The Morgan fingerprint density at radius 2 is 1.89 bits per heavy atom. The molecule has 0 aliphatic heterocycles. The number of benzene rings is 2. The van der Waals surface area contributed by atoms with Crippen LogP contribution in [-0.2, 0) is 17.3 Å². The van der Waals surface area contributed by atoms with Gasteiger partial charge in [0.05, 0.1) is 5.41 Å². The Hall–Kier alpha value is -3.28. The van der Waals surface area contributed by atoms with Gasteiger partial charge in [-0.25, -0.2) is 9.37 Å². The number of aryl methyl sites for hydroxylation is 1. The molecule has 1 N–H and O–H groups in total. The van der Waals surface area contributed by atoms with Crippen LogP contribution in [0.5, 0.6) is 0 Å². The molecular formula is C22H20FN3O2. The molecule has 142 valence electrons. The zero-order valence-electron chi connectivity index (χ0n) is 15.5. The summed E-state index contributed by atoms with van der Waals surface area (Å²) in [6, 6.07) is 13.0. The molecule has 1 aliphatic carbocycles. The maximum absolute atomic E-state index is 13.6. The number of halogens is 1. The van der Waals surface area contributed by atoms with Gasteiger partial charge in [0.1, 0.15) is 5.82 Å². The number of amides is 1. The van der Waals surface area contributed by atoms with Gasteiger partial charge in [-0.05, 0) is 54.8 Å². The van der Waals surface area contributed by atoms with E-state index in [1.54, 1.807) is 60.4 Å². The zero-order valence-corrected chi connectivity index (χ0v) is 15.5. The highest BCUT2D eigenvalue weighted by Gasteiger charge is 2.45. The summed E-state index contributed by atoms with van der Waals surface area (Å²) >= 11 is 0. The maximum atomic E-state index is 13.6. The molecular weight excluding hydrogens is 357 g/mol. The quantitative estimate of drug-likeness (QED) is 0.687. The molecule has 1 aliphatic rings. The van der Waals surface area contributed by atoms with Gasteiger partial charge in [-0.2, -0.15) is 0 Å². The number of carbonyl (C=O) groups excluding carboxylic acids is 2. The molecule has 5 nitrogen and oxygen atoms in total. The first-order valence-electron chi connectivity index (χ1n) is 9.19. The SMILES string of the molecule is Cn1ccnc1C(=O)c1ccc(NC(=O)C2(c3cccc(F)c3)CCC2)cc1. The van der Waals surface area contributed by atoms with E-state index in [9.17, 15) is 14.0 Å². The van der Waals surface area contributed by atoms with Crippen LogP contribution < -0.4 is 5.32 Å². The van der Waals surface area contributed by atoms with Crippen molar-refractivity contribution in [3.63, 3.8) is 0 Å². The fraction of sp³-hybridized carbons (Fsp3) is 0.227. The molecule has 28 heavy (non-hydrogen) atoms. The number of aromatic nitrogens is 2. The van der Waals surface area contributed by atoms with E-state index in [0.29, 0.717) is 35.5 Å². The van der Waals surface area contributed by atoms with Gasteiger partial charge in [-0.15, -0.1) is 0 Å². The predicted octanol–water partition coefficient (Wildman–Crippen LogP) is 3.85. The summed E-state index contributed by atoms with van der Waals surface area (Å²) in [4.78, 5) is 29.5. The molecule has 0 unspecified atom stereocenters. The van der Waals surface area contributed by atoms with Gasteiger partial charge in [0.25, 0.3) is 0 Å². The highest BCUT2D eigenvalue weighted by Crippen LogP contribution is 2.44. The number of hydrogen-bond donors (Lipinski definition) is 1. The Morgan fingerprint density at radius 3 is 2.46 bits per heavy atom. The molecule has 0 radical (unpaired) electrons. The summed E-state index contributed by atoms with van der Waals surface area (Å²) < 4.78 is 15.3. The molecule has 1 aromatic heterocycles. The first-order valence-corrected chi connectivity index (χ1v) is 9.19. The average Bonchev–Trinajstić information content (AvgIpc) is 3.07. The third-order valence-corrected chi connectivity index (χ3v) is 5.45. The zero-order chi connectivity index (χ0) is 19.7. The lowest BCUT2D eigenvalue weighted by molar-refractivity contribution is -0.124. The Morgan fingerprint density at radius 1 is 1.14 bits per heavy atom. The fourth-order valence-electron chi connectivity index (χ4n) is 3.63. The van der Waals surface area contributed by atoms with Gasteiger partial charge >= 0.3 is 0 Å². The number of ketones is 1. The number of anilines is 1. The van der Waals surface area contributed by atoms with E-state index in [-0.39, 0.29) is 17.5 Å². The molecule has 4 rings (SSSR count). The predicted molar refractivity (Wildman–Crippen MR) is 104 cm³/mol. The Kier molecular flexibility index (Phi) is 4.55. The fourth-order valence-corrected chi connectivity index (χ4v) is 3.63. The molecule has 0 spiro atoms. The summed E-state index contributed by atoms with van der Waals surface area (Å²) in [6.07, 6.45) is 5.61. The van der Waals surface area contributed by atoms with Crippen molar-refractivity contribution in [2.24, 2.45) is 7.05 Å². The lowest BCUT2D eigenvalue weighted by Crippen LogP contribution is -2.46. The van der Waals surface area contributed by atoms with Crippen molar-refractivity contribution in [2.75, 3.05) is 5.32 Å². The topological polar surface area (TPSA) is 64.0 Å². The van der Waals surface area contributed by atoms with E-state index in [0.717, 1.165) is 6.42 Å². The first-order chi connectivity index (χ1) is 13.5. The summed E-state index contributed by atoms with van der Waals surface area (Å²) in [7, 11) is 1.76. The van der Waals surface area contributed by atoms with Crippen LogP contribution in [-0.4, -0.2) is 21.2 Å². The van der Waals surface area contributed by atoms with Crippen molar-refractivity contribution in [3.05, 3.63) is 83.7 Å². The third kappa shape index (κ3) is 3.11. The minimum absolute atomic E-state index is 0.146. The van der Waals surface area contributed by atoms with Crippen LogP contribution in [0.4, 0.5) is 10.1 Å².